The zero-order valence-corrected chi connectivity index (χ0v) is 13.5. The summed E-state index contributed by atoms with van der Waals surface area (Å²) in [7, 11) is 0. The summed E-state index contributed by atoms with van der Waals surface area (Å²) < 4.78 is 5.21. The molecule has 2 N–H and O–H groups in total. The van der Waals surface area contributed by atoms with Crippen LogP contribution in [0.4, 0.5) is 0 Å². The van der Waals surface area contributed by atoms with Gasteiger partial charge in [-0.05, 0) is 38.3 Å². The molecule has 23 heavy (non-hydrogen) atoms. The predicted octanol–water partition coefficient (Wildman–Crippen LogP) is 2.44. The molecule has 1 unspecified atom stereocenters. The molecular formula is C17H23NO5. The van der Waals surface area contributed by atoms with E-state index in [1.807, 2.05) is 6.92 Å². The molecule has 1 heterocycles. The van der Waals surface area contributed by atoms with Gasteiger partial charge in [0.15, 0.2) is 0 Å². The largest absolute Gasteiger partial charge is 0.508 e. The van der Waals surface area contributed by atoms with Crippen molar-refractivity contribution in [3.63, 3.8) is 0 Å². The van der Waals surface area contributed by atoms with Gasteiger partial charge in [-0.15, -0.1) is 0 Å². The highest BCUT2D eigenvalue weighted by Gasteiger charge is 2.50. The van der Waals surface area contributed by atoms with Gasteiger partial charge in [-0.1, -0.05) is 13.3 Å². The normalized spacial score (nSPS) is 20.5. The topological polar surface area (TPSA) is 87.1 Å². The molecule has 0 aliphatic carbocycles. The van der Waals surface area contributed by atoms with E-state index < -0.39 is 11.4 Å². The van der Waals surface area contributed by atoms with Crippen LogP contribution < -0.4 is 0 Å². The van der Waals surface area contributed by atoms with Crippen molar-refractivity contribution in [3.8, 4) is 11.5 Å². The van der Waals surface area contributed by atoms with Crippen molar-refractivity contribution in [1.82, 2.24) is 4.90 Å². The number of esters is 1. The highest BCUT2D eigenvalue weighted by molar-refractivity contribution is 6.00. The molecule has 0 saturated carbocycles. The second-order valence-electron chi connectivity index (χ2n) is 5.76. The van der Waals surface area contributed by atoms with Gasteiger partial charge < -0.3 is 19.8 Å². The van der Waals surface area contributed by atoms with Crippen molar-refractivity contribution in [2.45, 2.75) is 45.1 Å². The Hall–Kier alpha value is -2.24. The number of ether oxygens (including phenoxy) is 1. The minimum absolute atomic E-state index is 0.0782. The first-order valence-electron chi connectivity index (χ1n) is 7.97. The molecule has 0 aromatic heterocycles. The number of benzene rings is 1. The number of phenolic OH excluding ortho intramolecular Hbond substituents is 2. The molecule has 1 atom stereocenters. The average molecular weight is 321 g/mol. The van der Waals surface area contributed by atoms with E-state index in [2.05, 4.69) is 0 Å². The minimum Gasteiger partial charge on any atom is -0.508 e. The third-order valence-electron chi connectivity index (χ3n) is 4.26. The molecule has 1 saturated heterocycles. The maximum Gasteiger partial charge on any atom is 0.332 e. The Morgan fingerprint density at radius 3 is 2.65 bits per heavy atom. The zero-order valence-electron chi connectivity index (χ0n) is 13.5. The molecule has 1 aliphatic heterocycles. The molecule has 1 aliphatic rings. The number of likely N-dealkylation sites (tertiary alicyclic amines) is 1. The second-order valence-corrected chi connectivity index (χ2v) is 5.76. The van der Waals surface area contributed by atoms with E-state index in [1.54, 1.807) is 6.92 Å². The number of aromatic hydroxyl groups is 2. The Morgan fingerprint density at radius 2 is 2.04 bits per heavy atom. The molecule has 2 rings (SSSR count). The summed E-state index contributed by atoms with van der Waals surface area (Å²) in [5.74, 6) is -1.21. The van der Waals surface area contributed by atoms with Crippen LogP contribution in [0.5, 0.6) is 11.5 Å². The molecule has 126 valence electrons. The van der Waals surface area contributed by atoms with Gasteiger partial charge in [-0.25, -0.2) is 4.79 Å². The van der Waals surface area contributed by atoms with Gasteiger partial charge >= 0.3 is 5.97 Å². The number of rotatable bonds is 5. The molecule has 0 spiro atoms. The Bertz CT molecular complexity index is 601. The molecule has 0 bridgehead atoms. The third-order valence-corrected chi connectivity index (χ3v) is 4.26. The fraction of sp³-hybridized carbons (Fsp3) is 0.529. The lowest BCUT2D eigenvalue weighted by Gasteiger charge is -2.36. The second kappa shape index (κ2) is 6.89. The summed E-state index contributed by atoms with van der Waals surface area (Å²) in [6.07, 6.45) is 2.54. The van der Waals surface area contributed by atoms with E-state index in [1.165, 1.54) is 17.0 Å². The molecular weight excluding hydrogens is 298 g/mol. The first-order valence-corrected chi connectivity index (χ1v) is 7.97. The van der Waals surface area contributed by atoms with Crippen molar-refractivity contribution in [2.75, 3.05) is 13.2 Å². The summed E-state index contributed by atoms with van der Waals surface area (Å²) in [5, 5.41) is 19.3. The summed E-state index contributed by atoms with van der Waals surface area (Å²) in [5.41, 5.74) is -0.888. The van der Waals surface area contributed by atoms with Gasteiger partial charge in [0.05, 0.1) is 12.2 Å². The van der Waals surface area contributed by atoms with E-state index in [4.69, 9.17) is 4.74 Å². The van der Waals surface area contributed by atoms with E-state index >= 15 is 0 Å². The van der Waals surface area contributed by atoms with E-state index in [-0.39, 0.29) is 29.6 Å². The van der Waals surface area contributed by atoms with E-state index in [0.717, 1.165) is 12.5 Å². The first kappa shape index (κ1) is 17.1. The Morgan fingerprint density at radius 1 is 1.30 bits per heavy atom. The van der Waals surface area contributed by atoms with Gasteiger partial charge in [0.1, 0.15) is 17.0 Å². The van der Waals surface area contributed by atoms with Crippen molar-refractivity contribution in [2.24, 2.45) is 0 Å². The van der Waals surface area contributed by atoms with E-state index in [9.17, 15) is 19.8 Å². The van der Waals surface area contributed by atoms with Crippen LogP contribution in [0.1, 0.15) is 49.9 Å². The predicted molar refractivity (Wildman–Crippen MR) is 84.3 cm³/mol. The summed E-state index contributed by atoms with van der Waals surface area (Å²) in [6, 6.07) is 3.83. The molecule has 1 amide bonds. The van der Waals surface area contributed by atoms with E-state index in [0.29, 0.717) is 25.8 Å². The van der Waals surface area contributed by atoms with Crippen LogP contribution in [0.25, 0.3) is 0 Å². The maximum absolute atomic E-state index is 12.9. The van der Waals surface area contributed by atoms with Crippen molar-refractivity contribution in [3.05, 3.63) is 23.8 Å². The van der Waals surface area contributed by atoms with Crippen LogP contribution in [-0.4, -0.2) is 45.7 Å². The fourth-order valence-corrected chi connectivity index (χ4v) is 3.27. The van der Waals surface area contributed by atoms with Gasteiger partial charge in [0, 0.05) is 12.6 Å². The van der Waals surface area contributed by atoms with Crippen LogP contribution in [0.15, 0.2) is 18.2 Å². The number of amides is 1. The highest BCUT2D eigenvalue weighted by Crippen LogP contribution is 2.37. The van der Waals surface area contributed by atoms with Crippen LogP contribution in [0.3, 0.4) is 0 Å². The highest BCUT2D eigenvalue weighted by atomic mass is 16.5. The molecule has 1 aromatic rings. The number of hydrogen-bond acceptors (Lipinski definition) is 5. The average Bonchev–Trinajstić information content (AvgIpc) is 2.92. The zero-order chi connectivity index (χ0) is 17.0. The lowest BCUT2D eigenvalue weighted by molar-refractivity contribution is -0.155. The SMILES string of the molecule is CCCC1(C(=O)OCC)CCCN1C(=O)c1ccc(O)cc1O. The van der Waals surface area contributed by atoms with Gasteiger partial charge in [0.25, 0.3) is 5.91 Å². The molecule has 1 aromatic carbocycles. The Labute approximate surface area is 135 Å². The number of carbonyl (C=O) groups excluding carboxylic acids is 2. The maximum atomic E-state index is 12.9. The third kappa shape index (κ3) is 3.11. The van der Waals surface area contributed by atoms with Crippen LogP contribution in [0.2, 0.25) is 0 Å². The molecule has 6 nitrogen and oxygen atoms in total. The summed E-state index contributed by atoms with van der Waals surface area (Å²) >= 11 is 0. The fourth-order valence-electron chi connectivity index (χ4n) is 3.27. The minimum atomic E-state index is -0.966. The number of nitrogens with zero attached hydrogens (tertiary/aromatic N) is 1. The van der Waals surface area contributed by atoms with Gasteiger partial charge in [0.2, 0.25) is 0 Å². The lowest BCUT2D eigenvalue weighted by Crippen LogP contribution is -2.53. The monoisotopic (exact) mass is 321 g/mol. The van der Waals surface area contributed by atoms with Gasteiger partial charge in [-0.2, -0.15) is 0 Å². The van der Waals surface area contributed by atoms with Gasteiger partial charge in [-0.3, -0.25) is 4.79 Å². The van der Waals surface area contributed by atoms with Crippen molar-refractivity contribution in [1.29, 1.82) is 0 Å². The summed E-state index contributed by atoms with van der Waals surface area (Å²) in [4.78, 5) is 26.9. The van der Waals surface area contributed by atoms with Crippen LogP contribution in [0, 0.1) is 0 Å². The lowest BCUT2D eigenvalue weighted by atomic mass is 9.90. The number of phenols is 2. The van der Waals surface area contributed by atoms with Crippen molar-refractivity contribution < 1.29 is 24.5 Å². The quantitative estimate of drug-likeness (QED) is 0.813. The standard InChI is InChI=1S/C17H23NO5/c1-3-8-17(16(22)23-4-2)9-5-10-18(17)15(21)13-7-6-12(19)11-14(13)20/h6-7,11,19-20H,3-5,8-10H2,1-2H3. The molecule has 0 radical (unpaired) electrons. The Kier molecular flexibility index (Phi) is 5.13. The van der Waals surface area contributed by atoms with Crippen LogP contribution >= 0.6 is 0 Å². The van der Waals surface area contributed by atoms with Crippen molar-refractivity contribution >= 4 is 11.9 Å². The smallest absolute Gasteiger partial charge is 0.332 e. The summed E-state index contributed by atoms with van der Waals surface area (Å²) in [6.45, 7) is 4.40. The molecule has 1 fully saturated rings. The first-order chi connectivity index (χ1) is 11.0. The van der Waals surface area contributed by atoms with Crippen LogP contribution in [-0.2, 0) is 9.53 Å². The number of hydrogen-bond donors (Lipinski definition) is 2. The Balaban J connectivity index is 2.38. The number of carbonyl (C=O) groups is 2. The molecule has 6 heteroatoms.